The summed E-state index contributed by atoms with van der Waals surface area (Å²) in [6, 6.07) is 10.4. The summed E-state index contributed by atoms with van der Waals surface area (Å²) >= 11 is 1.82. The van der Waals surface area contributed by atoms with E-state index in [1.54, 1.807) is 6.07 Å². The molecule has 2 heterocycles. The van der Waals surface area contributed by atoms with Crippen LogP contribution in [0.2, 0.25) is 0 Å². The third-order valence-electron chi connectivity index (χ3n) is 3.99. The van der Waals surface area contributed by atoms with E-state index in [0.29, 0.717) is 18.3 Å². The number of nitriles is 1. The number of rotatable bonds is 5. The van der Waals surface area contributed by atoms with E-state index in [1.807, 2.05) is 23.5 Å². The molecule has 3 rings (SSSR count). The van der Waals surface area contributed by atoms with Gasteiger partial charge in [0.2, 0.25) is 5.76 Å². The molecule has 0 bridgehead atoms. The standard InChI is InChI=1S/C16H18N2OS/c17-10-13-7-8-14(19-13)11-18-16(12-4-1-2-5-12)15-6-3-9-20-15/h3,6-9,12,16,18H,1-2,4-5,11H2. The fourth-order valence-corrected chi connectivity index (χ4v) is 3.90. The second-order valence-electron chi connectivity index (χ2n) is 5.30. The van der Waals surface area contributed by atoms with Crippen molar-refractivity contribution in [2.75, 3.05) is 0 Å². The average Bonchev–Trinajstić information content (AvgIpc) is 3.22. The first kappa shape index (κ1) is 13.4. The Balaban J connectivity index is 1.68. The molecule has 20 heavy (non-hydrogen) atoms. The van der Waals surface area contributed by atoms with Crippen LogP contribution in [0.25, 0.3) is 0 Å². The molecule has 2 aromatic rings. The molecule has 4 heteroatoms. The van der Waals surface area contributed by atoms with E-state index in [1.165, 1.54) is 30.6 Å². The summed E-state index contributed by atoms with van der Waals surface area (Å²) in [5, 5.41) is 14.6. The van der Waals surface area contributed by atoms with Gasteiger partial charge in [-0.1, -0.05) is 18.9 Å². The molecule has 0 amide bonds. The van der Waals surface area contributed by atoms with Crippen LogP contribution < -0.4 is 5.32 Å². The Morgan fingerprint density at radius 3 is 2.85 bits per heavy atom. The smallest absolute Gasteiger partial charge is 0.203 e. The van der Waals surface area contributed by atoms with Crippen LogP contribution >= 0.6 is 11.3 Å². The number of hydrogen-bond acceptors (Lipinski definition) is 4. The predicted molar refractivity (Wildman–Crippen MR) is 79.3 cm³/mol. The van der Waals surface area contributed by atoms with Gasteiger partial charge in [0.05, 0.1) is 6.54 Å². The molecule has 0 radical (unpaired) electrons. The first-order chi connectivity index (χ1) is 9.86. The Labute approximate surface area is 123 Å². The molecule has 1 unspecified atom stereocenters. The van der Waals surface area contributed by atoms with E-state index in [9.17, 15) is 0 Å². The van der Waals surface area contributed by atoms with Crippen molar-refractivity contribution in [3.05, 3.63) is 46.0 Å². The zero-order valence-electron chi connectivity index (χ0n) is 11.3. The van der Waals surface area contributed by atoms with Crippen molar-refractivity contribution in [2.24, 2.45) is 5.92 Å². The maximum Gasteiger partial charge on any atom is 0.203 e. The third-order valence-corrected chi connectivity index (χ3v) is 4.94. The van der Waals surface area contributed by atoms with E-state index in [4.69, 9.17) is 9.68 Å². The average molecular weight is 286 g/mol. The zero-order valence-corrected chi connectivity index (χ0v) is 12.2. The predicted octanol–water partition coefficient (Wildman–Crippen LogP) is 4.23. The number of hydrogen-bond donors (Lipinski definition) is 1. The highest BCUT2D eigenvalue weighted by molar-refractivity contribution is 7.10. The first-order valence-corrected chi connectivity index (χ1v) is 8.00. The van der Waals surface area contributed by atoms with Crippen LogP contribution in [-0.2, 0) is 6.54 Å². The third kappa shape index (κ3) is 2.95. The van der Waals surface area contributed by atoms with Crippen LogP contribution in [0, 0.1) is 17.2 Å². The van der Waals surface area contributed by atoms with Gasteiger partial charge in [0.1, 0.15) is 11.8 Å². The lowest BCUT2D eigenvalue weighted by molar-refractivity contribution is 0.353. The van der Waals surface area contributed by atoms with E-state index < -0.39 is 0 Å². The highest BCUT2D eigenvalue weighted by atomic mass is 32.1. The largest absolute Gasteiger partial charge is 0.449 e. The molecule has 0 saturated heterocycles. The van der Waals surface area contributed by atoms with Crippen molar-refractivity contribution in [1.82, 2.24) is 5.32 Å². The van der Waals surface area contributed by atoms with Crippen LogP contribution in [0.15, 0.2) is 34.1 Å². The molecular weight excluding hydrogens is 268 g/mol. The van der Waals surface area contributed by atoms with Crippen LogP contribution in [0.3, 0.4) is 0 Å². The summed E-state index contributed by atoms with van der Waals surface area (Å²) in [4.78, 5) is 1.41. The van der Waals surface area contributed by atoms with E-state index >= 15 is 0 Å². The van der Waals surface area contributed by atoms with Crippen molar-refractivity contribution >= 4 is 11.3 Å². The van der Waals surface area contributed by atoms with Gasteiger partial charge in [-0.3, -0.25) is 0 Å². The molecule has 1 N–H and O–H groups in total. The Bertz CT molecular complexity index is 576. The maximum absolute atomic E-state index is 8.79. The quantitative estimate of drug-likeness (QED) is 0.894. The number of nitrogens with zero attached hydrogens (tertiary/aromatic N) is 1. The van der Waals surface area contributed by atoms with Gasteiger partial charge in [-0.05, 0) is 42.3 Å². The fraction of sp³-hybridized carbons (Fsp3) is 0.438. The Morgan fingerprint density at radius 1 is 1.35 bits per heavy atom. The van der Waals surface area contributed by atoms with Gasteiger partial charge in [0, 0.05) is 10.9 Å². The summed E-state index contributed by atoms with van der Waals surface area (Å²) in [6.45, 7) is 0.681. The monoisotopic (exact) mass is 286 g/mol. The molecule has 1 aliphatic rings. The Hall–Kier alpha value is -1.57. The minimum atomic E-state index is 0.385. The molecule has 1 aliphatic carbocycles. The minimum absolute atomic E-state index is 0.385. The van der Waals surface area contributed by atoms with E-state index in [-0.39, 0.29) is 0 Å². The normalized spacial score (nSPS) is 17.1. The molecular formula is C16H18N2OS. The molecule has 2 aromatic heterocycles. The molecule has 1 saturated carbocycles. The second kappa shape index (κ2) is 6.25. The van der Waals surface area contributed by atoms with E-state index in [0.717, 1.165) is 11.7 Å². The molecule has 0 aliphatic heterocycles. The lowest BCUT2D eigenvalue weighted by atomic mass is 9.96. The summed E-state index contributed by atoms with van der Waals surface area (Å²) in [7, 11) is 0. The van der Waals surface area contributed by atoms with Gasteiger partial charge in [0.15, 0.2) is 0 Å². The summed E-state index contributed by atoms with van der Waals surface area (Å²) in [6.07, 6.45) is 5.29. The number of thiophene rings is 1. The fourth-order valence-electron chi connectivity index (χ4n) is 3.00. The van der Waals surface area contributed by atoms with Crippen LogP contribution in [0.1, 0.15) is 48.1 Å². The van der Waals surface area contributed by atoms with Gasteiger partial charge >= 0.3 is 0 Å². The molecule has 3 nitrogen and oxygen atoms in total. The molecule has 1 fully saturated rings. The molecule has 1 atom stereocenters. The lowest BCUT2D eigenvalue weighted by Crippen LogP contribution is -2.25. The van der Waals surface area contributed by atoms with Crippen LogP contribution in [0.5, 0.6) is 0 Å². The lowest BCUT2D eigenvalue weighted by Gasteiger charge is -2.23. The molecule has 0 spiro atoms. The van der Waals surface area contributed by atoms with Crippen molar-refractivity contribution < 1.29 is 4.42 Å². The minimum Gasteiger partial charge on any atom is -0.449 e. The first-order valence-electron chi connectivity index (χ1n) is 7.12. The highest BCUT2D eigenvalue weighted by Crippen LogP contribution is 2.37. The summed E-state index contributed by atoms with van der Waals surface area (Å²) in [5.74, 6) is 1.94. The van der Waals surface area contributed by atoms with Crippen LogP contribution in [-0.4, -0.2) is 0 Å². The summed E-state index contributed by atoms with van der Waals surface area (Å²) < 4.78 is 5.44. The zero-order chi connectivity index (χ0) is 13.8. The molecule has 0 aromatic carbocycles. The summed E-state index contributed by atoms with van der Waals surface area (Å²) in [5.41, 5.74) is 0. The van der Waals surface area contributed by atoms with Gasteiger partial charge in [0.25, 0.3) is 0 Å². The van der Waals surface area contributed by atoms with Gasteiger partial charge in [-0.25, -0.2) is 0 Å². The van der Waals surface area contributed by atoms with E-state index in [2.05, 4.69) is 22.8 Å². The number of furan rings is 1. The maximum atomic E-state index is 8.79. The Kier molecular flexibility index (Phi) is 4.19. The number of nitrogens with one attached hydrogen (secondary N) is 1. The van der Waals surface area contributed by atoms with Gasteiger partial charge < -0.3 is 9.73 Å². The van der Waals surface area contributed by atoms with Crippen molar-refractivity contribution in [2.45, 2.75) is 38.3 Å². The molecule has 104 valence electrons. The van der Waals surface area contributed by atoms with Gasteiger partial charge in [-0.15, -0.1) is 11.3 Å². The van der Waals surface area contributed by atoms with Crippen molar-refractivity contribution in [1.29, 1.82) is 5.26 Å². The highest BCUT2D eigenvalue weighted by Gasteiger charge is 2.26. The van der Waals surface area contributed by atoms with Crippen molar-refractivity contribution in [3.8, 4) is 6.07 Å². The van der Waals surface area contributed by atoms with Gasteiger partial charge in [-0.2, -0.15) is 5.26 Å². The SMILES string of the molecule is N#Cc1ccc(CNC(c2cccs2)C2CCCC2)o1. The second-order valence-corrected chi connectivity index (χ2v) is 6.28. The van der Waals surface area contributed by atoms with Crippen LogP contribution in [0.4, 0.5) is 0 Å². The topological polar surface area (TPSA) is 49.0 Å². The Morgan fingerprint density at radius 2 is 2.20 bits per heavy atom. The van der Waals surface area contributed by atoms with Crippen molar-refractivity contribution in [3.63, 3.8) is 0 Å².